The van der Waals surface area contributed by atoms with Crippen molar-refractivity contribution in [1.82, 2.24) is 0 Å². The molecule has 0 radical (unpaired) electrons. The van der Waals surface area contributed by atoms with Gasteiger partial charge < -0.3 is 10.2 Å². The van der Waals surface area contributed by atoms with Crippen molar-refractivity contribution in [3.63, 3.8) is 0 Å². The summed E-state index contributed by atoms with van der Waals surface area (Å²) in [5.41, 5.74) is -0.321. The Labute approximate surface area is 143 Å². The molecular weight excluding hydrogens is 296 g/mol. The lowest BCUT2D eigenvalue weighted by atomic mass is 9.76. The van der Waals surface area contributed by atoms with Gasteiger partial charge in [0.05, 0.1) is 0 Å². The van der Waals surface area contributed by atoms with Gasteiger partial charge in [-0.2, -0.15) is 0 Å². The summed E-state index contributed by atoms with van der Waals surface area (Å²) < 4.78 is 0. The van der Waals surface area contributed by atoms with Gasteiger partial charge in [-0.1, -0.05) is 60.1 Å². The third-order valence-corrected chi connectivity index (χ3v) is 4.33. The lowest BCUT2D eigenvalue weighted by Crippen LogP contribution is -2.41. The fourth-order valence-electron chi connectivity index (χ4n) is 2.75. The third-order valence-electron chi connectivity index (χ3n) is 4.33. The fraction of sp³-hybridized carbons (Fsp3) is 0.273. The van der Waals surface area contributed by atoms with Crippen LogP contribution in [-0.4, -0.2) is 21.4 Å². The number of benzene rings is 2. The number of hydrogen-bond acceptors (Lipinski definition) is 2. The molecule has 1 fully saturated rings. The van der Waals surface area contributed by atoms with Crippen LogP contribution in [0.3, 0.4) is 0 Å². The van der Waals surface area contributed by atoms with E-state index in [0.717, 1.165) is 11.1 Å². The second kappa shape index (κ2) is 6.93. The van der Waals surface area contributed by atoms with Crippen molar-refractivity contribution in [2.45, 2.75) is 36.9 Å². The van der Waals surface area contributed by atoms with Crippen molar-refractivity contribution in [2.75, 3.05) is 0 Å². The maximum absolute atomic E-state index is 10.6. The Morgan fingerprint density at radius 2 is 0.917 bits per heavy atom. The maximum Gasteiger partial charge on any atom is 0.126 e. The van der Waals surface area contributed by atoms with E-state index in [1.54, 1.807) is 0 Å². The molecule has 2 nitrogen and oxygen atoms in total. The quantitative estimate of drug-likeness (QED) is 0.733. The van der Waals surface area contributed by atoms with Crippen molar-refractivity contribution < 1.29 is 10.2 Å². The lowest BCUT2D eigenvalue weighted by Gasteiger charge is -2.35. The van der Waals surface area contributed by atoms with Gasteiger partial charge in [-0.25, -0.2) is 0 Å². The van der Waals surface area contributed by atoms with Crippen LogP contribution in [0.15, 0.2) is 60.7 Å². The van der Waals surface area contributed by atoms with Gasteiger partial charge in [0.2, 0.25) is 0 Å². The van der Waals surface area contributed by atoms with Crippen LogP contribution in [0.25, 0.3) is 0 Å². The minimum absolute atomic E-state index is 0.423. The summed E-state index contributed by atoms with van der Waals surface area (Å²) in [5, 5.41) is 21.2. The molecule has 1 saturated carbocycles. The monoisotopic (exact) mass is 316 g/mol. The van der Waals surface area contributed by atoms with Gasteiger partial charge in [0.15, 0.2) is 0 Å². The average molecular weight is 316 g/mol. The first-order chi connectivity index (χ1) is 11.6. The van der Waals surface area contributed by atoms with E-state index in [9.17, 15) is 10.2 Å². The Balaban J connectivity index is 1.67. The minimum Gasteiger partial charge on any atom is -0.378 e. The molecule has 1 aliphatic rings. The van der Waals surface area contributed by atoms with E-state index in [4.69, 9.17) is 0 Å². The molecule has 24 heavy (non-hydrogen) atoms. The molecule has 1 aliphatic carbocycles. The first kappa shape index (κ1) is 16.3. The van der Waals surface area contributed by atoms with Crippen LogP contribution < -0.4 is 0 Å². The fourth-order valence-corrected chi connectivity index (χ4v) is 2.75. The number of aliphatic hydroxyl groups is 2. The largest absolute Gasteiger partial charge is 0.378 e. The van der Waals surface area contributed by atoms with Crippen LogP contribution in [-0.2, 0) is 0 Å². The SMILES string of the molecule is OC1(C#Cc2ccccc2)CCC(O)(C#Cc2ccccc2)CC1. The molecule has 3 rings (SSSR count). The van der Waals surface area contributed by atoms with Crippen molar-refractivity contribution in [2.24, 2.45) is 0 Å². The smallest absolute Gasteiger partial charge is 0.126 e. The average Bonchev–Trinajstić information content (AvgIpc) is 2.64. The van der Waals surface area contributed by atoms with Gasteiger partial charge in [0, 0.05) is 11.1 Å². The molecule has 0 atom stereocenters. The Hall–Kier alpha value is -2.52. The van der Waals surface area contributed by atoms with Crippen LogP contribution in [0, 0.1) is 23.7 Å². The second-order valence-electron chi connectivity index (χ2n) is 6.30. The normalized spacial score (nSPS) is 25.8. The molecule has 0 bridgehead atoms. The minimum atomic E-state index is -1.05. The highest BCUT2D eigenvalue weighted by atomic mass is 16.3. The molecule has 120 valence electrons. The molecule has 2 heteroatoms. The van der Waals surface area contributed by atoms with Crippen LogP contribution in [0.1, 0.15) is 36.8 Å². The highest BCUT2D eigenvalue weighted by Crippen LogP contribution is 2.34. The van der Waals surface area contributed by atoms with Gasteiger partial charge in [-0.05, 0) is 49.9 Å². The van der Waals surface area contributed by atoms with Crippen LogP contribution in [0.2, 0.25) is 0 Å². The van der Waals surface area contributed by atoms with E-state index in [2.05, 4.69) is 23.7 Å². The Bertz CT molecular complexity index is 722. The lowest BCUT2D eigenvalue weighted by molar-refractivity contribution is -0.0219. The summed E-state index contributed by atoms with van der Waals surface area (Å²) in [6.45, 7) is 0. The van der Waals surface area contributed by atoms with Gasteiger partial charge in [-0.15, -0.1) is 0 Å². The van der Waals surface area contributed by atoms with Crippen LogP contribution in [0.5, 0.6) is 0 Å². The molecule has 2 N–H and O–H groups in total. The van der Waals surface area contributed by atoms with E-state index in [1.165, 1.54) is 0 Å². The van der Waals surface area contributed by atoms with Crippen molar-refractivity contribution in [1.29, 1.82) is 0 Å². The van der Waals surface area contributed by atoms with Gasteiger partial charge >= 0.3 is 0 Å². The maximum atomic E-state index is 10.6. The van der Waals surface area contributed by atoms with Crippen molar-refractivity contribution in [3.05, 3.63) is 71.8 Å². The van der Waals surface area contributed by atoms with E-state index < -0.39 is 11.2 Å². The summed E-state index contributed by atoms with van der Waals surface area (Å²) in [6.07, 6.45) is 1.69. The van der Waals surface area contributed by atoms with Crippen LogP contribution in [0.4, 0.5) is 0 Å². The van der Waals surface area contributed by atoms with Gasteiger partial charge in [0.25, 0.3) is 0 Å². The summed E-state index contributed by atoms with van der Waals surface area (Å²) in [6, 6.07) is 19.2. The van der Waals surface area contributed by atoms with Crippen molar-refractivity contribution >= 4 is 0 Å². The van der Waals surface area contributed by atoms with E-state index in [1.807, 2.05) is 60.7 Å². The molecule has 0 saturated heterocycles. The second-order valence-corrected chi connectivity index (χ2v) is 6.30. The van der Waals surface area contributed by atoms with E-state index in [0.29, 0.717) is 25.7 Å². The Kier molecular flexibility index (Phi) is 4.72. The zero-order valence-corrected chi connectivity index (χ0v) is 13.5. The molecule has 0 amide bonds. The molecule has 0 aliphatic heterocycles. The standard InChI is InChI=1S/C22H20O2/c23-21(13-11-19-7-3-1-4-8-19)15-17-22(24,18-16-21)14-12-20-9-5-2-6-10-20/h1-10,23-24H,15-18H2. The molecule has 2 aromatic carbocycles. The van der Waals surface area contributed by atoms with Crippen LogP contribution >= 0.6 is 0 Å². The summed E-state index contributed by atoms with van der Waals surface area (Å²) in [7, 11) is 0. The molecule has 0 unspecified atom stereocenters. The predicted octanol–water partition coefficient (Wildman–Crippen LogP) is 3.13. The summed E-state index contributed by atoms with van der Waals surface area (Å²) in [4.78, 5) is 0. The van der Waals surface area contributed by atoms with Gasteiger partial charge in [-0.3, -0.25) is 0 Å². The Morgan fingerprint density at radius 3 is 1.25 bits per heavy atom. The first-order valence-electron chi connectivity index (χ1n) is 8.18. The van der Waals surface area contributed by atoms with E-state index in [-0.39, 0.29) is 0 Å². The zero-order valence-electron chi connectivity index (χ0n) is 13.5. The Morgan fingerprint density at radius 1 is 0.583 bits per heavy atom. The highest BCUT2D eigenvalue weighted by Gasteiger charge is 2.38. The number of hydrogen-bond donors (Lipinski definition) is 2. The highest BCUT2D eigenvalue weighted by molar-refractivity contribution is 5.38. The zero-order chi connectivity index (χ0) is 16.9. The topological polar surface area (TPSA) is 40.5 Å². The molecule has 0 aromatic heterocycles. The van der Waals surface area contributed by atoms with Crippen molar-refractivity contribution in [3.8, 4) is 23.7 Å². The summed E-state index contributed by atoms with van der Waals surface area (Å²) >= 11 is 0. The molecule has 0 spiro atoms. The molecule has 0 heterocycles. The van der Waals surface area contributed by atoms with E-state index >= 15 is 0 Å². The first-order valence-corrected chi connectivity index (χ1v) is 8.18. The molecule has 2 aromatic rings. The predicted molar refractivity (Wildman–Crippen MR) is 95.0 cm³/mol. The van der Waals surface area contributed by atoms with Gasteiger partial charge in [0.1, 0.15) is 11.2 Å². The third kappa shape index (κ3) is 4.27. The molecular formula is C22H20O2. The number of rotatable bonds is 0. The summed E-state index contributed by atoms with van der Waals surface area (Å²) in [5.74, 6) is 12.0.